The van der Waals surface area contributed by atoms with Gasteiger partial charge in [0.25, 0.3) is 0 Å². The second-order valence-electron chi connectivity index (χ2n) is 6.80. The number of likely N-dealkylation sites (tertiary alicyclic amines) is 1. The Bertz CT molecular complexity index is 742. The van der Waals surface area contributed by atoms with Crippen molar-refractivity contribution in [2.75, 3.05) is 6.54 Å². The van der Waals surface area contributed by atoms with E-state index in [1.807, 2.05) is 46.1 Å². The van der Waals surface area contributed by atoms with Gasteiger partial charge in [-0.3, -0.25) is 9.59 Å². The molecule has 0 aliphatic carbocycles. The van der Waals surface area contributed by atoms with Crippen LogP contribution in [-0.2, 0) is 16.0 Å². The molecule has 1 unspecified atom stereocenters. The van der Waals surface area contributed by atoms with E-state index < -0.39 is 5.97 Å². The number of carboxylic acid groups (broad SMARTS) is 1. The van der Waals surface area contributed by atoms with E-state index in [2.05, 4.69) is 5.10 Å². The highest BCUT2D eigenvalue weighted by Gasteiger charge is 2.26. The summed E-state index contributed by atoms with van der Waals surface area (Å²) in [5.74, 6) is -0.677. The summed E-state index contributed by atoms with van der Waals surface area (Å²) >= 11 is 0. The van der Waals surface area contributed by atoms with Crippen LogP contribution in [0.3, 0.4) is 0 Å². The minimum Gasteiger partial charge on any atom is -0.481 e. The fourth-order valence-corrected chi connectivity index (χ4v) is 3.53. The smallest absolute Gasteiger partial charge is 0.303 e. The molecular weight excluding hydrogens is 330 g/mol. The highest BCUT2D eigenvalue weighted by Crippen LogP contribution is 2.22. The molecule has 1 aliphatic rings. The topological polar surface area (TPSA) is 75.4 Å². The lowest BCUT2D eigenvalue weighted by atomic mass is 9.97. The highest BCUT2D eigenvalue weighted by molar-refractivity contribution is 5.77. The molecule has 6 heteroatoms. The highest BCUT2D eigenvalue weighted by atomic mass is 16.4. The van der Waals surface area contributed by atoms with Gasteiger partial charge in [0.2, 0.25) is 5.91 Å². The third-order valence-electron chi connectivity index (χ3n) is 4.92. The van der Waals surface area contributed by atoms with Crippen LogP contribution in [0.15, 0.2) is 42.7 Å². The number of aliphatic carboxylic acids is 1. The quantitative estimate of drug-likeness (QED) is 0.828. The Morgan fingerprint density at radius 2 is 1.96 bits per heavy atom. The van der Waals surface area contributed by atoms with Crippen molar-refractivity contribution in [2.45, 2.75) is 51.0 Å². The second kappa shape index (κ2) is 8.65. The Morgan fingerprint density at radius 3 is 2.73 bits per heavy atom. The van der Waals surface area contributed by atoms with Gasteiger partial charge in [-0.2, -0.15) is 5.10 Å². The SMILES string of the molecule is O=C(O)CCC1CCCCN1C(=O)CCc1cnn(-c2ccccc2)c1. The summed E-state index contributed by atoms with van der Waals surface area (Å²) in [7, 11) is 0. The van der Waals surface area contributed by atoms with E-state index in [9.17, 15) is 9.59 Å². The first-order chi connectivity index (χ1) is 12.6. The maximum absolute atomic E-state index is 12.7. The number of para-hydroxylation sites is 1. The first-order valence-corrected chi connectivity index (χ1v) is 9.24. The summed E-state index contributed by atoms with van der Waals surface area (Å²) in [6.45, 7) is 0.742. The molecule has 1 amide bonds. The fourth-order valence-electron chi connectivity index (χ4n) is 3.53. The van der Waals surface area contributed by atoms with Crippen LogP contribution in [0, 0.1) is 0 Å². The van der Waals surface area contributed by atoms with Crippen LogP contribution in [0.5, 0.6) is 0 Å². The van der Waals surface area contributed by atoms with Gasteiger partial charge in [0.1, 0.15) is 0 Å². The van der Waals surface area contributed by atoms with Gasteiger partial charge in [-0.1, -0.05) is 18.2 Å². The van der Waals surface area contributed by atoms with E-state index in [0.717, 1.165) is 37.1 Å². The molecule has 0 saturated carbocycles. The molecule has 138 valence electrons. The molecule has 6 nitrogen and oxygen atoms in total. The van der Waals surface area contributed by atoms with E-state index in [-0.39, 0.29) is 18.4 Å². The van der Waals surface area contributed by atoms with Crippen molar-refractivity contribution in [3.63, 3.8) is 0 Å². The summed E-state index contributed by atoms with van der Waals surface area (Å²) in [5, 5.41) is 13.3. The maximum atomic E-state index is 12.7. The van der Waals surface area contributed by atoms with Gasteiger partial charge in [0, 0.05) is 31.6 Å². The number of amides is 1. The summed E-state index contributed by atoms with van der Waals surface area (Å²) in [4.78, 5) is 25.4. The molecule has 0 bridgehead atoms. The predicted octanol–water partition coefficient (Wildman–Crippen LogP) is 3.05. The Kier molecular flexibility index (Phi) is 6.04. The molecule has 1 aromatic carbocycles. The summed E-state index contributed by atoms with van der Waals surface area (Å²) in [5.41, 5.74) is 2.02. The molecule has 2 heterocycles. The number of rotatable bonds is 7. The third-order valence-corrected chi connectivity index (χ3v) is 4.92. The Balaban J connectivity index is 1.56. The van der Waals surface area contributed by atoms with Crippen molar-refractivity contribution in [3.05, 3.63) is 48.3 Å². The molecule has 1 fully saturated rings. The number of carboxylic acids is 1. The minimum atomic E-state index is -0.795. The van der Waals surface area contributed by atoms with Crippen molar-refractivity contribution in [3.8, 4) is 5.69 Å². The van der Waals surface area contributed by atoms with Crippen molar-refractivity contribution in [1.29, 1.82) is 0 Å². The molecule has 2 aromatic rings. The summed E-state index contributed by atoms with van der Waals surface area (Å²) in [6.07, 6.45) is 8.49. The largest absolute Gasteiger partial charge is 0.481 e. The Hall–Kier alpha value is -2.63. The zero-order valence-corrected chi connectivity index (χ0v) is 14.9. The van der Waals surface area contributed by atoms with Gasteiger partial charge in [0.05, 0.1) is 11.9 Å². The zero-order chi connectivity index (χ0) is 18.4. The Morgan fingerprint density at radius 1 is 1.15 bits per heavy atom. The first kappa shape index (κ1) is 18.2. The molecule has 0 spiro atoms. The van der Waals surface area contributed by atoms with Crippen LogP contribution in [0.4, 0.5) is 0 Å². The number of carbonyl (C=O) groups excluding carboxylic acids is 1. The summed E-state index contributed by atoms with van der Waals surface area (Å²) < 4.78 is 1.82. The summed E-state index contributed by atoms with van der Waals surface area (Å²) in [6, 6.07) is 9.94. The second-order valence-corrected chi connectivity index (χ2v) is 6.80. The lowest BCUT2D eigenvalue weighted by molar-refractivity contribution is -0.140. The van der Waals surface area contributed by atoms with Crippen molar-refractivity contribution in [1.82, 2.24) is 14.7 Å². The average Bonchev–Trinajstić information content (AvgIpc) is 3.14. The van der Waals surface area contributed by atoms with Crippen molar-refractivity contribution < 1.29 is 14.7 Å². The van der Waals surface area contributed by atoms with Crippen molar-refractivity contribution in [2.24, 2.45) is 0 Å². The van der Waals surface area contributed by atoms with Gasteiger partial charge in [-0.15, -0.1) is 0 Å². The van der Waals surface area contributed by atoms with Gasteiger partial charge >= 0.3 is 5.97 Å². The fraction of sp³-hybridized carbons (Fsp3) is 0.450. The molecular formula is C20H25N3O3. The van der Waals surface area contributed by atoms with E-state index in [0.29, 0.717) is 19.3 Å². The van der Waals surface area contributed by atoms with Gasteiger partial charge in [-0.25, -0.2) is 4.68 Å². The molecule has 1 atom stereocenters. The van der Waals surface area contributed by atoms with Crippen LogP contribution >= 0.6 is 0 Å². The lowest BCUT2D eigenvalue weighted by Crippen LogP contribution is -2.44. The number of benzene rings is 1. The number of hydrogen-bond acceptors (Lipinski definition) is 3. The Labute approximate surface area is 153 Å². The molecule has 1 saturated heterocycles. The number of nitrogens with zero attached hydrogens (tertiary/aromatic N) is 3. The zero-order valence-electron chi connectivity index (χ0n) is 14.9. The van der Waals surface area contributed by atoms with Crippen LogP contribution in [0.1, 0.15) is 44.1 Å². The van der Waals surface area contributed by atoms with Gasteiger partial charge < -0.3 is 10.0 Å². The number of hydrogen-bond donors (Lipinski definition) is 1. The predicted molar refractivity (Wildman–Crippen MR) is 98.1 cm³/mol. The monoisotopic (exact) mass is 355 g/mol. The lowest BCUT2D eigenvalue weighted by Gasteiger charge is -2.35. The van der Waals surface area contributed by atoms with Gasteiger partial charge in [-0.05, 0) is 49.8 Å². The van der Waals surface area contributed by atoms with Crippen molar-refractivity contribution >= 4 is 11.9 Å². The number of aromatic nitrogens is 2. The van der Waals surface area contributed by atoms with E-state index in [1.54, 1.807) is 6.20 Å². The van der Waals surface area contributed by atoms with Gasteiger partial charge in [0.15, 0.2) is 0 Å². The van der Waals surface area contributed by atoms with E-state index >= 15 is 0 Å². The first-order valence-electron chi connectivity index (χ1n) is 9.24. The minimum absolute atomic E-state index is 0.0689. The molecule has 1 aromatic heterocycles. The molecule has 1 N–H and O–H groups in total. The van der Waals surface area contributed by atoms with E-state index in [4.69, 9.17) is 5.11 Å². The standard InChI is InChI=1S/C20H25N3O3/c24-19(22-13-5-4-6-17(22)10-12-20(25)26)11-9-16-14-21-23(15-16)18-7-2-1-3-8-18/h1-3,7-8,14-15,17H,4-6,9-13H2,(H,25,26). The number of aryl methyl sites for hydroxylation is 1. The maximum Gasteiger partial charge on any atom is 0.303 e. The molecule has 1 aliphatic heterocycles. The molecule has 0 radical (unpaired) electrons. The van der Waals surface area contributed by atoms with Crippen LogP contribution < -0.4 is 0 Å². The molecule has 26 heavy (non-hydrogen) atoms. The normalized spacial score (nSPS) is 17.2. The molecule has 3 rings (SSSR count). The van der Waals surface area contributed by atoms with Crippen LogP contribution in [-0.4, -0.2) is 44.3 Å². The van der Waals surface area contributed by atoms with Crippen LogP contribution in [0.25, 0.3) is 5.69 Å². The number of carbonyl (C=O) groups is 2. The average molecular weight is 355 g/mol. The van der Waals surface area contributed by atoms with E-state index in [1.165, 1.54) is 0 Å². The van der Waals surface area contributed by atoms with Crippen LogP contribution in [0.2, 0.25) is 0 Å². The third kappa shape index (κ3) is 4.71. The number of piperidine rings is 1.